The number of thiophene rings is 1. The van der Waals surface area contributed by atoms with E-state index in [1.165, 1.54) is 9.75 Å². The van der Waals surface area contributed by atoms with E-state index in [4.69, 9.17) is 0 Å². The minimum absolute atomic E-state index is 0.311. The molecule has 1 N–H and O–H groups in total. The zero-order valence-electron chi connectivity index (χ0n) is 14.7. The summed E-state index contributed by atoms with van der Waals surface area (Å²) >= 11 is 1.95. The molecule has 2 rings (SSSR count). The molecule has 21 heavy (non-hydrogen) atoms. The Balaban J connectivity index is 2.21. The molecule has 1 aliphatic heterocycles. The third-order valence-corrected chi connectivity index (χ3v) is 6.05. The van der Waals surface area contributed by atoms with Gasteiger partial charge in [-0.15, -0.1) is 11.3 Å². The predicted molar refractivity (Wildman–Crippen MR) is 94.0 cm³/mol. The third-order valence-electron chi connectivity index (χ3n) is 4.88. The molecule has 0 aliphatic carbocycles. The molecule has 3 atom stereocenters. The molecule has 2 heterocycles. The van der Waals surface area contributed by atoms with E-state index in [0.717, 1.165) is 13.1 Å². The molecule has 120 valence electrons. The number of aryl methyl sites for hydroxylation is 1. The molecule has 0 saturated carbocycles. The standard InChI is InChI=1S/C18H32N2S/c1-12(2)15-10-19-17(18(5,6)7)11-20(15)14(4)16-9-8-13(3)21-16/h8-9,12,14-15,17,19H,10-11H2,1-7H3. The SMILES string of the molecule is Cc1ccc(C(C)N2CC(C(C)(C)C)NCC2C(C)C)s1. The van der Waals surface area contributed by atoms with E-state index in [1.54, 1.807) is 0 Å². The Morgan fingerprint density at radius 2 is 1.90 bits per heavy atom. The number of piperazine rings is 1. The average molecular weight is 309 g/mol. The van der Waals surface area contributed by atoms with Crippen molar-refractivity contribution in [3.8, 4) is 0 Å². The van der Waals surface area contributed by atoms with E-state index < -0.39 is 0 Å². The quantitative estimate of drug-likeness (QED) is 0.886. The molecule has 0 radical (unpaired) electrons. The summed E-state index contributed by atoms with van der Waals surface area (Å²) in [6.07, 6.45) is 0. The van der Waals surface area contributed by atoms with Crippen LogP contribution < -0.4 is 5.32 Å². The molecular formula is C18H32N2S. The van der Waals surface area contributed by atoms with Crippen molar-refractivity contribution >= 4 is 11.3 Å². The minimum Gasteiger partial charge on any atom is -0.311 e. The van der Waals surface area contributed by atoms with Crippen molar-refractivity contribution in [1.29, 1.82) is 0 Å². The Morgan fingerprint density at radius 1 is 1.24 bits per heavy atom. The maximum Gasteiger partial charge on any atom is 0.0417 e. The van der Waals surface area contributed by atoms with Crippen molar-refractivity contribution in [3.05, 3.63) is 21.9 Å². The summed E-state index contributed by atoms with van der Waals surface area (Å²) in [7, 11) is 0. The zero-order valence-corrected chi connectivity index (χ0v) is 15.6. The summed E-state index contributed by atoms with van der Waals surface area (Å²) in [4.78, 5) is 5.66. The fourth-order valence-electron chi connectivity index (χ4n) is 3.28. The van der Waals surface area contributed by atoms with Crippen LogP contribution >= 0.6 is 11.3 Å². The van der Waals surface area contributed by atoms with Gasteiger partial charge in [-0.25, -0.2) is 0 Å². The second-order valence-corrected chi connectivity index (χ2v) is 9.28. The molecule has 3 heteroatoms. The van der Waals surface area contributed by atoms with Crippen LogP contribution in [0.15, 0.2) is 12.1 Å². The molecule has 1 fully saturated rings. The highest BCUT2D eigenvalue weighted by molar-refractivity contribution is 7.12. The lowest BCUT2D eigenvalue weighted by molar-refractivity contribution is 0.0350. The lowest BCUT2D eigenvalue weighted by Gasteiger charge is -2.48. The van der Waals surface area contributed by atoms with Gasteiger partial charge < -0.3 is 5.32 Å². The molecule has 3 unspecified atom stereocenters. The van der Waals surface area contributed by atoms with Crippen LogP contribution in [0.1, 0.15) is 57.3 Å². The van der Waals surface area contributed by atoms with Crippen molar-refractivity contribution in [3.63, 3.8) is 0 Å². The predicted octanol–water partition coefficient (Wildman–Crippen LogP) is 4.46. The minimum atomic E-state index is 0.311. The van der Waals surface area contributed by atoms with E-state index in [-0.39, 0.29) is 0 Å². The fraction of sp³-hybridized carbons (Fsp3) is 0.778. The molecule has 0 aromatic carbocycles. The Hall–Kier alpha value is -0.380. The van der Waals surface area contributed by atoms with Crippen LogP contribution in [-0.2, 0) is 0 Å². The molecule has 1 aromatic rings. The smallest absolute Gasteiger partial charge is 0.0417 e. The molecular weight excluding hydrogens is 276 g/mol. The molecule has 0 spiro atoms. The van der Waals surface area contributed by atoms with Gasteiger partial charge >= 0.3 is 0 Å². The molecule has 1 saturated heterocycles. The maximum absolute atomic E-state index is 3.79. The van der Waals surface area contributed by atoms with Crippen LogP contribution in [0.25, 0.3) is 0 Å². The van der Waals surface area contributed by atoms with Crippen molar-refractivity contribution in [2.24, 2.45) is 11.3 Å². The Kier molecular flexibility index (Phi) is 5.17. The van der Waals surface area contributed by atoms with Crippen LogP contribution in [0.2, 0.25) is 0 Å². The molecule has 1 aliphatic rings. The van der Waals surface area contributed by atoms with Gasteiger partial charge in [0.15, 0.2) is 0 Å². The largest absolute Gasteiger partial charge is 0.311 e. The summed E-state index contributed by atoms with van der Waals surface area (Å²) in [6, 6.07) is 6.28. The van der Waals surface area contributed by atoms with Gasteiger partial charge in [-0.1, -0.05) is 34.6 Å². The summed E-state index contributed by atoms with van der Waals surface area (Å²) < 4.78 is 0. The highest BCUT2D eigenvalue weighted by Crippen LogP contribution is 2.34. The second kappa shape index (κ2) is 6.39. The molecule has 1 aromatic heterocycles. The zero-order chi connectivity index (χ0) is 15.8. The number of hydrogen-bond acceptors (Lipinski definition) is 3. The third kappa shape index (κ3) is 3.88. The second-order valence-electron chi connectivity index (χ2n) is 7.96. The lowest BCUT2D eigenvalue weighted by Crippen LogP contribution is -2.61. The van der Waals surface area contributed by atoms with Crippen LogP contribution in [0.4, 0.5) is 0 Å². The van der Waals surface area contributed by atoms with Gasteiger partial charge in [0.2, 0.25) is 0 Å². The van der Waals surface area contributed by atoms with Crippen LogP contribution in [0.5, 0.6) is 0 Å². The van der Waals surface area contributed by atoms with Crippen molar-refractivity contribution in [2.45, 2.75) is 66.6 Å². The van der Waals surface area contributed by atoms with Gasteiger partial charge in [0.05, 0.1) is 0 Å². The van der Waals surface area contributed by atoms with E-state index in [0.29, 0.717) is 29.5 Å². The first-order valence-corrected chi connectivity index (χ1v) is 9.07. The first-order valence-electron chi connectivity index (χ1n) is 8.25. The van der Waals surface area contributed by atoms with Gasteiger partial charge in [-0.3, -0.25) is 4.90 Å². The number of nitrogens with zero attached hydrogens (tertiary/aromatic N) is 1. The molecule has 2 nitrogen and oxygen atoms in total. The van der Waals surface area contributed by atoms with Crippen LogP contribution in [-0.4, -0.2) is 30.1 Å². The average Bonchev–Trinajstić information content (AvgIpc) is 2.82. The summed E-state index contributed by atoms with van der Waals surface area (Å²) in [5.74, 6) is 0.682. The van der Waals surface area contributed by atoms with Crippen molar-refractivity contribution < 1.29 is 0 Å². The number of rotatable bonds is 3. The van der Waals surface area contributed by atoms with E-state index >= 15 is 0 Å². The monoisotopic (exact) mass is 308 g/mol. The van der Waals surface area contributed by atoms with E-state index in [2.05, 4.69) is 70.8 Å². The van der Waals surface area contributed by atoms with Crippen molar-refractivity contribution in [2.75, 3.05) is 13.1 Å². The van der Waals surface area contributed by atoms with Crippen LogP contribution in [0, 0.1) is 18.3 Å². The number of hydrogen-bond donors (Lipinski definition) is 1. The van der Waals surface area contributed by atoms with E-state index in [9.17, 15) is 0 Å². The van der Waals surface area contributed by atoms with Gasteiger partial charge in [0.1, 0.15) is 0 Å². The van der Waals surface area contributed by atoms with Gasteiger partial charge in [-0.05, 0) is 37.3 Å². The fourth-order valence-corrected chi connectivity index (χ4v) is 4.23. The highest BCUT2D eigenvalue weighted by atomic mass is 32.1. The summed E-state index contributed by atoms with van der Waals surface area (Å²) in [6.45, 7) is 18.6. The van der Waals surface area contributed by atoms with Gasteiger partial charge in [0.25, 0.3) is 0 Å². The number of nitrogens with one attached hydrogen (secondary N) is 1. The van der Waals surface area contributed by atoms with E-state index in [1.807, 2.05) is 11.3 Å². The summed E-state index contributed by atoms with van der Waals surface area (Å²) in [5, 5.41) is 3.79. The van der Waals surface area contributed by atoms with Gasteiger partial charge in [0, 0.05) is 41.0 Å². The first kappa shape index (κ1) is 17.0. The summed E-state index contributed by atoms with van der Waals surface area (Å²) in [5.41, 5.74) is 0.311. The van der Waals surface area contributed by atoms with Crippen LogP contribution in [0.3, 0.4) is 0 Å². The van der Waals surface area contributed by atoms with Crippen molar-refractivity contribution in [1.82, 2.24) is 10.2 Å². The van der Waals surface area contributed by atoms with Gasteiger partial charge in [-0.2, -0.15) is 0 Å². The lowest BCUT2D eigenvalue weighted by atomic mass is 9.83. The highest BCUT2D eigenvalue weighted by Gasteiger charge is 2.37. The molecule has 0 bridgehead atoms. The Labute approximate surface area is 134 Å². The first-order chi connectivity index (χ1) is 9.70. The maximum atomic E-state index is 3.79. The molecule has 0 amide bonds. The Bertz CT molecular complexity index is 458. The topological polar surface area (TPSA) is 15.3 Å². The normalized spacial score (nSPS) is 26.3. The Morgan fingerprint density at radius 3 is 2.38 bits per heavy atom.